The van der Waals surface area contributed by atoms with Crippen molar-refractivity contribution in [3.05, 3.63) is 53.6 Å². The first-order valence-corrected chi connectivity index (χ1v) is 11.7. The van der Waals surface area contributed by atoms with Crippen molar-refractivity contribution in [2.45, 2.75) is 50.3 Å². The molecule has 2 aliphatic rings. The number of sulfonamides is 1. The normalized spacial score (nSPS) is 21.2. The van der Waals surface area contributed by atoms with E-state index in [1.54, 1.807) is 19.9 Å². The lowest BCUT2D eigenvalue weighted by Gasteiger charge is -2.27. The summed E-state index contributed by atoms with van der Waals surface area (Å²) in [6.07, 6.45) is 0.359. The average molecular weight is 444 g/mol. The topological polar surface area (TPSA) is 105 Å². The first kappa shape index (κ1) is 21.3. The molecule has 0 saturated carbocycles. The van der Waals surface area contributed by atoms with Gasteiger partial charge < -0.3 is 15.4 Å². The lowest BCUT2D eigenvalue weighted by Crippen LogP contribution is -2.45. The van der Waals surface area contributed by atoms with E-state index in [1.807, 2.05) is 30.3 Å². The molecule has 9 heteroatoms. The third-order valence-electron chi connectivity index (χ3n) is 5.61. The molecule has 2 unspecified atom stereocenters. The van der Waals surface area contributed by atoms with Crippen LogP contribution in [0.25, 0.3) is 0 Å². The molecule has 164 valence electrons. The van der Waals surface area contributed by atoms with Crippen LogP contribution in [0.3, 0.4) is 0 Å². The summed E-state index contributed by atoms with van der Waals surface area (Å²) in [4.78, 5) is 24.7. The van der Waals surface area contributed by atoms with Gasteiger partial charge in [0.15, 0.2) is 6.10 Å². The molecule has 2 amide bonds. The van der Waals surface area contributed by atoms with Crippen LogP contribution >= 0.6 is 0 Å². The predicted octanol–water partition coefficient (Wildman–Crippen LogP) is 2.18. The molecule has 0 aromatic heterocycles. The van der Waals surface area contributed by atoms with Gasteiger partial charge in [0, 0.05) is 19.2 Å². The second-order valence-corrected chi connectivity index (χ2v) is 9.70. The average Bonchev–Trinajstić information content (AvgIpc) is 3.24. The van der Waals surface area contributed by atoms with Gasteiger partial charge in [-0.3, -0.25) is 9.59 Å². The number of amides is 2. The SMILES string of the molecule is Cc1cc2c(cc1S(=O)(=O)N1CCCC1C(=O)NCc1ccccc1)OC(C)C(=O)N2. The number of aryl methyl sites for hydroxylation is 1. The van der Waals surface area contributed by atoms with Crippen LogP contribution in [0.15, 0.2) is 47.4 Å². The van der Waals surface area contributed by atoms with E-state index in [1.165, 1.54) is 10.4 Å². The van der Waals surface area contributed by atoms with E-state index in [9.17, 15) is 18.0 Å². The molecule has 2 aromatic rings. The summed E-state index contributed by atoms with van der Waals surface area (Å²) in [6.45, 7) is 3.88. The number of hydrogen-bond acceptors (Lipinski definition) is 5. The van der Waals surface area contributed by atoms with Crippen LogP contribution in [-0.2, 0) is 26.2 Å². The first-order chi connectivity index (χ1) is 14.8. The molecule has 1 saturated heterocycles. The Morgan fingerprint density at radius 1 is 1.26 bits per heavy atom. The first-order valence-electron chi connectivity index (χ1n) is 10.2. The van der Waals surface area contributed by atoms with Crippen molar-refractivity contribution in [2.24, 2.45) is 0 Å². The van der Waals surface area contributed by atoms with Crippen molar-refractivity contribution in [2.75, 3.05) is 11.9 Å². The van der Waals surface area contributed by atoms with Gasteiger partial charge in [-0.15, -0.1) is 0 Å². The standard InChI is InChI=1S/C22H25N3O5S/c1-14-11-17-19(30-15(2)21(26)24-17)12-20(14)31(28,29)25-10-6-9-18(25)22(27)23-13-16-7-4-3-5-8-16/h3-5,7-8,11-12,15,18H,6,9-10,13H2,1-2H3,(H,23,27)(H,24,26). The van der Waals surface area contributed by atoms with Crippen molar-refractivity contribution in [1.29, 1.82) is 0 Å². The Labute approximate surface area is 181 Å². The Kier molecular flexibility index (Phi) is 5.72. The van der Waals surface area contributed by atoms with Gasteiger partial charge in [0.05, 0.1) is 10.6 Å². The number of nitrogens with one attached hydrogen (secondary N) is 2. The number of benzene rings is 2. The quantitative estimate of drug-likeness (QED) is 0.737. The summed E-state index contributed by atoms with van der Waals surface area (Å²) in [7, 11) is -3.93. The zero-order valence-corrected chi connectivity index (χ0v) is 18.2. The molecule has 31 heavy (non-hydrogen) atoms. The van der Waals surface area contributed by atoms with Crippen molar-refractivity contribution >= 4 is 27.5 Å². The molecular weight excluding hydrogens is 418 g/mol. The molecule has 4 rings (SSSR count). The van der Waals surface area contributed by atoms with Crippen LogP contribution in [0.4, 0.5) is 5.69 Å². The maximum absolute atomic E-state index is 13.5. The fraction of sp³-hybridized carbons (Fsp3) is 0.364. The Hall–Kier alpha value is -2.91. The maximum atomic E-state index is 13.5. The van der Waals surface area contributed by atoms with Crippen LogP contribution in [0.2, 0.25) is 0 Å². The lowest BCUT2D eigenvalue weighted by molar-refractivity contribution is -0.124. The van der Waals surface area contributed by atoms with Crippen molar-refractivity contribution < 1.29 is 22.7 Å². The van der Waals surface area contributed by atoms with Gasteiger partial charge >= 0.3 is 0 Å². The summed E-state index contributed by atoms with van der Waals surface area (Å²) in [5.41, 5.74) is 1.87. The molecule has 2 N–H and O–H groups in total. The highest BCUT2D eigenvalue weighted by Gasteiger charge is 2.40. The van der Waals surface area contributed by atoms with Crippen molar-refractivity contribution in [3.63, 3.8) is 0 Å². The number of carbonyl (C=O) groups excluding carboxylic acids is 2. The fourth-order valence-corrected chi connectivity index (χ4v) is 5.82. The summed E-state index contributed by atoms with van der Waals surface area (Å²) >= 11 is 0. The van der Waals surface area contributed by atoms with Crippen LogP contribution in [0, 0.1) is 6.92 Å². The minimum atomic E-state index is -3.93. The van der Waals surface area contributed by atoms with Gasteiger partial charge in [-0.05, 0) is 43.9 Å². The second kappa shape index (κ2) is 8.32. The van der Waals surface area contributed by atoms with Gasteiger partial charge in [0.25, 0.3) is 5.91 Å². The number of fused-ring (bicyclic) bond motifs is 1. The Morgan fingerprint density at radius 3 is 2.74 bits per heavy atom. The molecule has 0 aliphatic carbocycles. The highest BCUT2D eigenvalue weighted by Crippen LogP contribution is 2.36. The minimum absolute atomic E-state index is 0.0809. The number of hydrogen-bond donors (Lipinski definition) is 2. The monoisotopic (exact) mass is 443 g/mol. The van der Waals surface area contributed by atoms with E-state index in [4.69, 9.17) is 4.74 Å². The van der Waals surface area contributed by atoms with Gasteiger partial charge in [-0.2, -0.15) is 4.31 Å². The minimum Gasteiger partial charge on any atom is -0.479 e. The third kappa shape index (κ3) is 4.15. The third-order valence-corrected chi connectivity index (χ3v) is 7.66. The Bertz CT molecular complexity index is 1120. The molecule has 0 radical (unpaired) electrons. The van der Waals surface area contributed by atoms with E-state index >= 15 is 0 Å². The van der Waals surface area contributed by atoms with Crippen molar-refractivity contribution in [1.82, 2.24) is 9.62 Å². The molecule has 0 spiro atoms. The maximum Gasteiger partial charge on any atom is 0.265 e. The van der Waals surface area contributed by atoms with E-state index < -0.39 is 22.2 Å². The van der Waals surface area contributed by atoms with Gasteiger partial charge in [0.2, 0.25) is 15.9 Å². The van der Waals surface area contributed by atoms with E-state index in [2.05, 4.69) is 10.6 Å². The highest BCUT2D eigenvalue weighted by molar-refractivity contribution is 7.89. The van der Waals surface area contributed by atoms with E-state index in [0.717, 1.165) is 5.56 Å². The summed E-state index contributed by atoms with van der Waals surface area (Å²) < 4.78 is 33.8. The number of anilines is 1. The number of carbonyl (C=O) groups is 2. The molecule has 2 aromatic carbocycles. The van der Waals surface area contributed by atoms with E-state index in [0.29, 0.717) is 36.4 Å². The zero-order chi connectivity index (χ0) is 22.2. The van der Waals surface area contributed by atoms with E-state index in [-0.39, 0.29) is 23.3 Å². The molecule has 1 fully saturated rings. The number of rotatable bonds is 5. The molecule has 0 bridgehead atoms. The van der Waals surface area contributed by atoms with Gasteiger partial charge in [-0.25, -0.2) is 8.42 Å². The molecule has 2 atom stereocenters. The lowest BCUT2D eigenvalue weighted by atomic mass is 10.1. The van der Waals surface area contributed by atoms with Crippen LogP contribution in [0.1, 0.15) is 30.9 Å². The van der Waals surface area contributed by atoms with Gasteiger partial charge in [0.1, 0.15) is 11.8 Å². The smallest absolute Gasteiger partial charge is 0.265 e. The van der Waals surface area contributed by atoms with Crippen molar-refractivity contribution in [3.8, 4) is 5.75 Å². The summed E-state index contributed by atoms with van der Waals surface area (Å²) in [6, 6.07) is 11.7. The molecule has 2 aliphatic heterocycles. The van der Waals surface area contributed by atoms with Crippen LogP contribution < -0.4 is 15.4 Å². The fourth-order valence-electron chi connectivity index (χ4n) is 3.94. The second-order valence-electron chi connectivity index (χ2n) is 7.84. The largest absolute Gasteiger partial charge is 0.479 e. The van der Waals surface area contributed by atoms with Crippen LogP contribution in [-0.4, -0.2) is 43.2 Å². The summed E-state index contributed by atoms with van der Waals surface area (Å²) in [5.74, 6) is -0.282. The number of nitrogens with zero attached hydrogens (tertiary/aromatic N) is 1. The zero-order valence-electron chi connectivity index (χ0n) is 17.4. The predicted molar refractivity (Wildman–Crippen MR) is 115 cm³/mol. The Balaban J connectivity index is 1.57. The van der Waals surface area contributed by atoms with Crippen LogP contribution in [0.5, 0.6) is 5.75 Å². The van der Waals surface area contributed by atoms with Gasteiger partial charge in [-0.1, -0.05) is 30.3 Å². The molecule has 2 heterocycles. The molecule has 8 nitrogen and oxygen atoms in total. The number of ether oxygens (including phenoxy) is 1. The summed E-state index contributed by atoms with van der Waals surface area (Å²) in [5, 5.41) is 5.57. The Morgan fingerprint density at radius 2 is 2.00 bits per heavy atom. The molecular formula is C22H25N3O5S. The highest BCUT2D eigenvalue weighted by atomic mass is 32.2.